The Morgan fingerprint density at radius 2 is 2.22 bits per heavy atom. The zero-order valence-corrected chi connectivity index (χ0v) is 5.89. The average Bonchev–Trinajstić information content (AvgIpc) is 1.87. The Hall–Kier alpha value is -0.990. The maximum absolute atomic E-state index is 10.6. The summed E-state index contributed by atoms with van der Waals surface area (Å²) in [6, 6.07) is 0. The zero-order chi connectivity index (χ0) is 7.28. The van der Waals surface area contributed by atoms with Gasteiger partial charge in [0.2, 0.25) is 0 Å². The summed E-state index contributed by atoms with van der Waals surface area (Å²) in [4.78, 5) is 10.6. The van der Waals surface area contributed by atoms with Gasteiger partial charge < -0.3 is 10.1 Å². The van der Waals surface area contributed by atoms with Crippen molar-refractivity contribution >= 4 is 5.97 Å². The molecule has 0 amide bonds. The van der Waals surface area contributed by atoms with Gasteiger partial charge in [-0.2, -0.15) is 0 Å². The molecule has 0 saturated carbocycles. The Morgan fingerprint density at radius 3 is 2.56 bits per heavy atom. The summed E-state index contributed by atoms with van der Waals surface area (Å²) in [5.41, 5.74) is 0.569. The van der Waals surface area contributed by atoms with E-state index in [1.54, 1.807) is 20.2 Å². The summed E-state index contributed by atoms with van der Waals surface area (Å²) in [5.74, 6) is -0.302. The Kier molecular flexibility index (Phi) is 3.51. The van der Waals surface area contributed by atoms with Gasteiger partial charge in [0.05, 0.1) is 7.11 Å². The molecule has 0 aliphatic heterocycles. The highest BCUT2D eigenvalue weighted by Crippen LogP contribution is 1.91. The Bertz CT molecular complexity index is 129. The van der Waals surface area contributed by atoms with Gasteiger partial charge in [0.15, 0.2) is 0 Å². The maximum Gasteiger partial charge on any atom is 0.334 e. The van der Waals surface area contributed by atoms with E-state index in [1.807, 2.05) is 0 Å². The Balaban J connectivity index is 3.86. The van der Waals surface area contributed by atoms with Crippen LogP contribution in [0.2, 0.25) is 0 Å². The molecule has 0 aromatic heterocycles. The molecule has 52 valence electrons. The maximum atomic E-state index is 10.6. The van der Waals surface area contributed by atoms with E-state index in [0.29, 0.717) is 5.57 Å². The summed E-state index contributed by atoms with van der Waals surface area (Å²) >= 11 is 0. The molecule has 0 bridgehead atoms. The van der Waals surface area contributed by atoms with Crippen molar-refractivity contribution in [3.05, 3.63) is 11.8 Å². The number of methoxy groups -OCH3 is 1. The first-order valence-corrected chi connectivity index (χ1v) is 2.64. The van der Waals surface area contributed by atoms with E-state index in [9.17, 15) is 4.79 Å². The van der Waals surface area contributed by atoms with Gasteiger partial charge in [0.25, 0.3) is 0 Å². The molecule has 0 heterocycles. The minimum atomic E-state index is -0.302. The fourth-order valence-corrected chi connectivity index (χ4v) is 0.436. The molecule has 0 rings (SSSR count). The molecule has 0 saturated heterocycles. The van der Waals surface area contributed by atoms with Crippen molar-refractivity contribution in [3.63, 3.8) is 0 Å². The molecule has 0 aromatic rings. The van der Waals surface area contributed by atoms with Gasteiger partial charge >= 0.3 is 5.97 Å². The molecule has 0 unspecified atom stereocenters. The molecule has 0 spiro atoms. The third kappa shape index (κ3) is 2.74. The van der Waals surface area contributed by atoms with Gasteiger partial charge in [0.1, 0.15) is 0 Å². The fourth-order valence-electron chi connectivity index (χ4n) is 0.436. The average molecular weight is 129 g/mol. The first-order valence-electron chi connectivity index (χ1n) is 2.64. The fraction of sp³-hybridized carbons (Fsp3) is 0.500. The number of nitrogens with one attached hydrogen (secondary N) is 1. The van der Waals surface area contributed by atoms with Crippen molar-refractivity contribution in [2.75, 3.05) is 14.2 Å². The number of rotatable bonds is 2. The normalized spacial score (nSPS) is 10.8. The van der Waals surface area contributed by atoms with Crippen LogP contribution in [0, 0.1) is 0 Å². The molecule has 0 aliphatic rings. The smallest absolute Gasteiger partial charge is 0.334 e. The first kappa shape index (κ1) is 8.01. The highest BCUT2D eigenvalue weighted by Gasteiger charge is 1.99. The molecular formula is C6H11NO2. The van der Waals surface area contributed by atoms with E-state index in [1.165, 1.54) is 7.11 Å². The van der Waals surface area contributed by atoms with Crippen molar-refractivity contribution in [1.29, 1.82) is 0 Å². The lowest BCUT2D eigenvalue weighted by Crippen LogP contribution is -2.05. The van der Waals surface area contributed by atoms with E-state index in [0.717, 1.165) is 0 Å². The predicted molar refractivity (Wildman–Crippen MR) is 34.8 cm³/mol. The van der Waals surface area contributed by atoms with Crippen LogP contribution >= 0.6 is 0 Å². The second-order valence-corrected chi connectivity index (χ2v) is 1.61. The number of esters is 1. The van der Waals surface area contributed by atoms with Crippen LogP contribution in [0.15, 0.2) is 11.8 Å². The zero-order valence-electron chi connectivity index (χ0n) is 5.89. The van der Waals surface area contributed by atoms with E-state index < -0.39 is 0 Å². The number of carbonyl (C=O) groups is 1. The lowest BCUT2D eigenvalue weighted by Gasteiger charge is -1.96. The van der Waals surface area contributed by atoms with Crippen LogP contribution in [0.4, 0.5) is 0 Å². The van der Waals surface area contributed by atoms with Crippen molar-refractivity contribution in [2.24, 2.45) is 0 Å². The van der Waals surface area contributed by atoms with E-state index in [2.05, 4.69) is 10.1 Å². The number of hydrogen-bond acceptors (Lipinski definition) is 3. The lowest BCUT2D eigenvalue weighted by atomic mass is 10.3. The lowest BCUT2D eigenvalue weighted by molar-refractivity contribution is -0.136. The minimum absolute atomic E-state index is 0.302. The summed E-state index contributed by atoms with van der Waals surface area (Å²) in [5, 5.41) is 2.72. The molecule has 0 radical (unpaired) electrons. The van der Waals surface area contributed by atoms with E-state index >= 15 is 0 Å². The molecule has 0 fully saturated rings. The van der Waals surface area contributed by atoms with Gasteiger partial charge in [-0.15, -0.1) is 0 Å². The standard InChI is InChI=1S/C6H11NO2/c1-5(4-7-2)6(8)9-3/h4,7H,1-3H3. The topological polar surface area (TPSA) is 38.3 Å². The molecule has 0 aliphatic carbocycles. The predicted octanol–water partition coefficient (Wildman–Crippen LogP) is 0.283. The second kappa shape index (κ2) is 3.95. The third-order valence-electron chi connectivity index (χ3n) is 0.868. The summed E-state index contributed by atoms with van der Waals surface area (Å²) in [6.45, 7) is 1.68. The van der Waals surface area contributed by atoms with Gasteiger partial charge in [-0.05, 0) is 6.92 Å². The van der Waals surface area contributed by atoms with Crippen LogP contribution in [0.3, 0.4) is 0 Å². The number of hydrogen-bond donors (Lipinski definition) is 1. The van der Waals surface area contributed by atoms with Crippen LogP contribution in [0.25, 0.3) is 0 Å². The third-order valence-corrected chi connectivity index (χ3v) is 0.868. The van der Waals surface area contributed by atoms with Gasteiger partial charge in [-0.1, -0.05) is 0 Å². The highest BCUT2D eigenvalue weighted by atomic mass is 16.5. The Morgan fingerprint density at radius 1 is 1.67 bits per heavy atom. The highest BCUT2D eigenvalue weighted by molar-refractivity contribution is 5.87. The number of ether oxygens (including phenoxy) is 1. The van der Waals surface area contributed by atoms with E-state index in [-0.39, 0.29) is 5.97 Å². The van der Waals surface area contributed by atoms with Crippen molar-refractivity contribution in [2.45, 2.75) is 6.92 Å². The number of carbonyl (C=O) groups excluding carboxylic acids is 1. The summed E-state index contributed by atoms with van der Waals surface area (Å²) in [7, 11) is 3.09. The molecule has 9 heavy (non-hydrogen) atoms. The van der Waals surface area contributed by atoms with Crippen LogP contribution in [0.1, 0.15) is 6.92 Å². The van der Waals surface area contributed by atoms with Crippen LogP contribution in [0.5, 0.6) is 0 Å². The molecule has 3 nitrogen and oxygen atoms in total. The molecule has 1 N–H and O–H groups in total. The van der Waals surface area contributed by atoms with Gasteiger partial charge in [-0.25, -0.2) is 4.79 Å². The molecular weight excluding hydrogens is 118 g/mol. The van der Waals surface area contributed by atoms with Gasteiger partial charge in [-0.3, -0.25) is 0 Å². The van der Waals surface area contributed by atoms with Crippen LogP contribution < -0.4 is 5.32 Å². The van der Waals surface area contributed by atoms with Crippen LogP contribution in [-0.2, 0) is 9.53 Å². The quantitative estimate of drug-likeness (QED) is 0.430. The molecule has 3 heteroatoms. The largest absolute Gasteiger partial charge is 0.466 e. The minimum Gasteiger partial charge on any atom is -0.466 e. The summed E-state index contributed by atoms with van der Waals surface area (Å²) < 4.78 is 4.42. The van der Waals surface area contributed by atoms with Crippen molar-refractivity contribution in [3.8, 4) is 0 Å². The first-order chi connectivity index (χ1) is 4.22. The van der Waals surface area contributed by atoms with E-state index in [4.69, 9.17) is 0 Å². The van der Waals surface area contributed by atoms with Crippen molar-refractivity contribution < 1.29 is 9.53 Å². The van der Waals surface area contributed by atoms with Gasteiger partial charge in [0, 0.05) is 18.8 Å². The molecule has 0 atom stereocenters. The monoisotopic (exact) mass is 129 g/mol. The Labute approximate surface area is 54.7 Å². The second-order valence-electron chi connectivity index (χ2n) is 1.61. The SMILES string of the molecule is CNC=C(C)C(=O)OC. The summed E-state index contributed by atoms with van der Waals surface area (Å²) in [6.07, 6.45) is 1.59. The van der Waals surface area contributed by atoms with Crippen LogP contribution in [-0.4, -0.2) is 20.1 Å². The molecule has 0 aromatic carbocycles. The van der Waals surface area contributed by atoms with Crippen molar-refractivity contribution in [1.82, 2.24) is 5.32 Å².